The highest BCUT2D eigenvalue weighted by Crippen LogP contribution is 2.04. The molecule has 0 aliphatic heterocycles. The highest BCUT2D eigenvalue weighted by Gasteiger charge is 1.97. The van der Waals surface area contributed by atoms with E-state index in [1.54, 1.807) is 16.8 Å². The van der Waals surface area contributed by atoms with Gasteiger partial charge < -0.3 is 4.98 Å². The Hall–Kier alpha value is -1.51. The lowest BCUT2D eigenvalue weighted by Gasteiger charge is -1.93. The number of imidazole rings is 1. The van der Waals surface area contributed by atoms with Crippen molar-refractivity contribution < 1.29 is 0 Å². The third kappa shape index (κ3) is 0.774. The van der Waals surface area contributed by atoms with Crippen molar-refractivity contribution in [2.45, 2.75) is 6.92 Å². The molecule has 2 heterocycles. The monoisotopic (exact) mass is 148 g/mol. The molecular formula is C8H8N2O. The van der Waals surface area contributed by atoms with E-state index in [1.807, 2.05) is 19.1 Å². The van der Waals surface area contributed by atoms with Gasteiger partial charge in [0.05, 0.1) is 5.52 Å². The molecule has 0 fully saturated rings. The standard InChI is InChI=1S/C8H8N2O/c1-6-3-2-4-10-7(6)5-9-8(10)11/h2-5H,1H3,(H,9,11). The molecule has 0 aliphatic carbocycles. The van der Waals surface area contributed by atoms with Crippen LogP contribution < -0.4 is 5.69 Å². The van der Waals surface area contributed by atoms with Crippen LogP contribution in [-0.2, 0) is 0 Å². The van der Waals surface area contributed by atoms with Crippen molar-refractivity contribution in [1.29, 1.82) is 0 Å². The van der Waals surface area contributed by atoms with Gasteiger partial charge in [0.2, 0.25) is 0 Å². The van der Waals surface area contributed by atoms with Crippen molar-refractivity contribution in [2.75, 3.05) is 0 Å². The first-order valence-corrected chi connectivity index (χ1v) is 3.44. The number of fused-ring (bicyclic) bond motifs is 1. The van der Waals surface area contributed by atoms with Crippen LogP contribution in [0, 0.1) is 6.92 Å². The molecule has 3 heteroatoms. The van der Waals surface area contributed by atoms with Crippen molar-refractivity contribution in [3.05, 3.63) is 40.6 Å². The van der Waals surface area contributed by atoms with Gasteiger partial charge in [-0.05, 0) is 18.6 Å². The molecule has 2 aromatic heterocycles. The summed E-state index contributed by atoms with van der Waals surface area (Å²) >= 11 is 0. The second kappa shape index (κ2) is 1.99. The van der Waals surface area contributed by atoms with E-state index < -0.39 is 0 Å². The van der Waals surface area contributed by atoms with Gasteiger partial charge in [0.25, 0.3) is 0 Å². The molecule has 1 N–H and O–H groups in total. The van der Waals surface area contributed by atoms with Crippen molar-refractivity contribution in [3.63, 3.8) is 0 Å². The topological polar surface area (TPSA) is 37.3 Å². The van der Waals surface area contributed by atoms with E-state index in [0.29, 0.717) is 0 Å². The van der Waals surface area contributed by atoms with Crippen LogP contribution in [0.15, 0.2) is 29.3 Å². The van der Waals surface area contributed by atoms with Crippen LogP contribution in [0.1, 0.15) is 5.56 Å². The average Bonchev–Trinajstić information content (AvgIpc) is 2.35. The summed E-state index contributed by atoms with van der Waals surface area (Å²) in [4.78, 5) is 13.7. The predicted octanol–water partition coefficient (Wildman–Crippen LogP) is 0.936. The number of rotatable bonds is 0. The van der Waals surface area contributed by atoms with Gasteiger partial charge in [-0.25, -0.2) is 4.79 Å². The van der Waals surface area contributed by atoms with E-state index in [-0.39, 0.29) is 5.69 Å². The van der Waals surface area contributed by atoms with Crippen LogP contribution in [0.2, 0.25) is 0 Å². The van der Waals surface area contributed by atoms with Gasteiger partial charge in [-0.3, -0.25) is 4.40 Å². The maximum Gasteiger partial charge on any atom is 0.330 e. The van der Waals surface area contributed by atoms with E-state index in [4.69, 9.17) is 0 Å². The quantitative estimate of drug-likeness (QED) is 0.593. The lowest BCUT2D eigenvalue weighted by atomic mass is 10.3. The predicted molar refractivity (Wildman–Crippen MR) is 42.8 cm³/mol. The minimum absolute atomic E-state index is 0.0799. The third-order valence-electron chi connectivity index (χ3n) is 1.80. The summed E-state index contributed by atoms with van der Waals surface area (Å²) in [5.41, 5.74) is 1.96. The molecular weight excluding hydrogens is 140 g/mol. The molecule has 0 bridgehead atoms. The van der Waals surface area contributed by atoms with Crippen LogP contribution in [0.25, 0.3) is 5.52 Å². The highest BCUT2D eigenvalue weighted by molar-refractivity contribution is 5.51. The normalized spacial score (nSPS) is 10.6. The Kier molecular flexibility index (Phi) is 1.12. The largest absolute Gasteiger partial charge is 0.330 e. The number of H-pyrrole nitrogens is 1. The lowest BCUT2D eigenvalue weighted by Crippen LogP contribution is -2.08. The van der Waals surface area contributed by atoms with E-state index >= 15 is 0 Å². The zero-order valence-electron chi connectivity index (χ0n) is 6.16. The first-order valence-electron chi connectivity index (χ1n) is 3.44. The maximum atomic E-state index is 11.0. The molecule has 2 rings (SSSR count). The van der Waals surface area contributed by atoms with Gasteiger partial charge in [-0.2, -0.15) is 0 Å². The molecule has 56 valence electrons. The van der Waals surface area contributed by atoms with Gasteiger partial charge in [-0.1, -0.05) is 6.07 Å². The van der Waals surface area contributed by atoms with Gasteiger partial charge in [0, 0.05) is 12.4 Å². The van der Waals surface area contributed by atoms with Crippen LogP contribution in [0.3, 0.4) is 0 Å². The summed E-state index contributed by atoms with van der Waals surface area (Å²) in [6.45, 7) is 1.97. The molecule has 11 heavy (non-hydrogen) atoms. The Balaban J connectivity index is 3.06. The number of aryl methyl sites for hydroxylation is 1. The minimum atomic E-state index is -0.0799. The van der Waals surface area contributed by atoms with Crippen molar-refractivity contribution >= 4 is 5.52 Å². The first-order chi connectivity index (χ1) is 5.29. The lowest BCUT2D eigenvalue weighted by molar-refractivity contribution is 1.06. The molecule has 0 aliphatic rings. The van der Waals surface area contributed by atoms with Crippen molar-refractivity contribution in [3.8, 4) is 0 Å². The molecule has 0 saturated carbocycles. The molecule has 0 radical (unpaired) electrons. The zero-order valence-corrected chi connectivity index (χ0v) is 6.16. The highest BCUT2D eigenvalue weighted by atomic mass is 16.1. The summed E-state index contributed by atoms with van der Waals surface area (Å²) < 4.78 is 1.59. The molecule has 0 saturated heterocycles. The summed E-state index contributed by atoms with van der Waals surface area (Å²) in [6, 6.07) is 3.83. The molecule has 2 aromatic rings. The third-order valence-corrected chi connectivity index (χ3v) is 1.80. The number of aromatic nitrogens is 2. The number of hydrogen-bond donors (Lipinski definition) is 1. The van der Waals surface area contributed by atoms with Crippen molar-refractivity contribution in [1.82, 2.24) is 9.38 Å². The second-order valence-corrected chi connectivity index (χ2v) is 2.54. The Morgan fingerprint density at radius 2 is 2.36 bits per heavy atom. The Morgan fingerprint density at radius 3 is 3.09 bits per heavy atom. The molecule has 0 aromatic carbocycles. The number of nitrogens with zero attached hydrogens (tertiary/aromatic N) is 1. The summed E-state index contributed by atoms with van der Waals surface area (Å²) in [7, 11) is 0. The number of pyridine rings is 1. The van der Waals surface area contributed by atoms with Gasteiger partial charge in [0.15, 0.2) is 0 Å². The van der Waals surface area contributed by atoms with Gasteiger partial charge in [-0.15, -0.1) is 0 Å². The summed E-state index contributed by atoms with van der Waals surface area (Å²) in [5.74, 6) is 0. The van der Waals surface area contributed by atoms with E-state index in [2.05, 4.69) is 4.98 Å². The van der Waals surface area contributed by atoms with Crippen molar-refractivity contribution in [2.24, 2.45) is 0 Å². The fourth-order valence-corrected chi connectivity index (χ4v) is 1.19. The fourth-order valence-electron chi connectivity index (χ4n) is 1.19. The van der Waals surface area contributed by atoms with E-state index in [1.165, 1.54) is 0 Å². The Bertz CT molecular complexity index is 439. The SMILES string of the molecule is Cc1cccn2c(=O)[nH]cc12. The van der Waals surface area contributed by atoms with Crippen LogP contribution in [0.4, 0.5) is 0 Å². The Morgan fingerprint density at radius 1 is 1.55 bits per heavy atom. The maximum absolute atomic E-state index is 11.0. The van der Waals surface area contributed by atoms with Crippen LogP contribution in [-0.4, -0.2) is 9.38 Å². The van der Waals surface area contributed by atoms with Crippen LogP contribution in [0.5, 0.6) is 0 Å². The molecule has 0 unspecified atom stereocenters. The number of aromatic amines is 1. The van der Waals surface area contributed by atoms with Gasteiger partial charge >= 0.3 is 5.69 Å². The smallest absolute Gasteiger partial charge is 0.312 e. The van der Waals surface area contributed by atoms with Gasteiger partial charge in [0.1, 0.15) is 0 Å². The van der Waals surface area contributed by atoms with Crippen LogP contribution >= 0.6 is 0 Å². The molecule has 0 atom stereocenters. The molecule has 3 nitrogen and oxygen atoms in total. The summed E-state index contributed by atoms with van der Waals surface area (Å²) in [6.07, 6.45) is 3.47. The fraction of sp³-hybridized carbons (Fsp3) is 0.125. The average molecular weight is 148 g/mol. The number of hydrogen-bond acceptors (Lipinski definition) is 1. The molecule has 0 amide bonds. The first kappa shape index (κ1) is 6.22. The second-order valence-electron chi connectivity index (χ2n) is 2.54. The summed E-state index contributed by atoms with van der Waals surface area (Å²) in [5, 5.41) is 0. The molecule has 0 spiro atoms. The minimum Gasteiger partial charge on any atom is -0.312 e. The number of nitrogens with one attached hydrogen (secondary N) is 1. The van der Waals surface area contributed by atoms with E-state index in [9.17, 15) is 4.79 Å². The Labute approximate surface area is 63.3 Å². The van der Waals surface area contributed by atoms with E-state index in [0.717, 1.165) is 11.1 Å². The zero-order chi connectivity index (χ0) is 7.84.